The Bertz CT molecular complexity index is 533. The number of halogens is 1. The fourth-order valence-electron chi connectivity index (χ4n) is 2.43. The van der Waals surface area contributed by atoms with E-state index in [4.69, 9.17) is 5.11 Å². The summed E-state index contributed by atoms with van der Waals surface area (Å²) in [4.78, 5) is 24.2. The second-order valence-corrected chi connectivity index (χ2v) is 5.89. The van der Waals surface area contributed by atoms with Gasteiger partial charge in [0.2, 0.25) is 5.91 Å². The van der Waals surface area contributed by atoms with Crippen molar-refractivity contribution in [2.45, 2.75) is 25.9 Å². The van der Waals surface area contributed by atoms with Crippen molar-refractivity contribution in [1.82, 2.24) is 10.2 Å². The second kappa shape index (κ2) is 6.37. The number of benzene rings is 1. The number of carboxylic acids is 1. The highest BCUT2D eigenvalue weighted by atomic mass is 79.9. The molecule has 1 aromatic rings. The minimum atomic E-state index is -0.927. The third kappa shape index (κ3) is 3.80. The van der Waals surface area contributed by atoms with Gasteiger partial charge in [-0.1, -0.05) is 22.0 Å². The largest absolute Gasteiger partial charge is 0.478 e. The zero-order chi connectivity index (χ0) is 14.7. The molecule has 0 bridgehead atoms. The molecule has 0 aliphatic carbocycles. The zero-order valence-corrected chi connectivity index (χ0v) is 12.8. The van der Waals surface area contributed by atoms with Gasteiger partial charge < -0.3 is 10.4 Å². The molecule has 1 saturated heterocycles. The van der Waals surface area contributed by atoms with Gasteiger partial charge in [0.25, 0.3) is 0 Å². The highest BCUT2D eigenvalue weighted by Gasteiger charge is 2.23. The van der Waals surface area contributed by atoms with E-state index in [9.17, 15) is 9.59 Å². The number of nitrogens with one attached hydrogen (secondary N) is 1. The lowest BCUT2D eigenvalue weighted by Gasteiger charge is -2.17. The van der Waals surface area contributed by atoms with Crippen molar-refractivity contribution in [3.63, 3.8) is 0 Å². The first-order valence-electron chi connectivity index (χ1n) is 6.47. The van der Waals surface area contributed by atoms with E-state index in [1.165, 1.54) is 6.92 Å². The molecule has 1 fully saturated rings. The molecule has 5 nitrogen and oxygen atoms in total. The number of nitrogens with zero attached hydrogens (tertiary/aromatic N) is 1. The topological polar surface area (TPSA) is 69.6 Å². The van der Waals surface area contributed by atoms with Gasteiger partial charge in [0, 0.05) is 37.1 Å². The summed E-state index contributed by atoms with van der Waals surface area (Å²) in [5.74, 6) is -0.923. The lowest BCUT2D eigenvalue weighted by Crippen LogP contribution is -2.35. The van der Waals surface area contributed by atoms with Crippen LogP contribution in [-0.2, 0) is 11.3 Å². The summed E-state index contributed by atoms with van der Waals surface area (Å²) in [7, 11) is 0. The monoisotopic (exact) mass is 340 g/mol. The van der Waals surface area contributed by atoms with Gasteiger partial charge in [-0.2, -0.15) is 0 Å². The summed E-state index contributed by atoms with van der Waals surface area (Å²) in [6, 6.07) is 5.28. The summed E-state index contributed by atoms with van der Waals surface area (Å²) in [6.45, 7) is 4.03. The molecular weight excluding hydrogens is 324 g/mol. The third-order valence-electron chi connectivity index (χ3n) is 3.37. The van der Waals surface area contributed by atoms with Gasteiger partial charge >= 0.3 is 5.97 Å². The number of carboxylic acid groups (broad SMARTS) is 1. The van der Waals surface area contributed by atoms with E-state index in [2.05, 4.69) is 26.1 Å². The van der Waals surface area contributed by atoms with Crippen molar-refractivity contribution in [3.8, 4) is 0 Å². The molecule has 0 saturated carbocycles. The standard InChI is InChI=1S/C14H17BrN2O3/c1-9(18)16-12-4-5-17(8-12)7-11-3-2-10(14(19)20)6-13(11)15/h2-3,6,12H,4-5,7-8H2,1H3,(H,16,18)(H,19,20). The van der Waals surface area contributed by atoms with Gasteiger partial charge in [0.15, 0.2) is 0 Å². The van der Waals surface area contributed by atoms with Crippen molar-refractivity contribution in [1.29, 1.82) is 0 Å². The molecular formula is C14H17BrN2O3. The van der Waals surface area contributed by atoms with Crippen LogP contribution in [0.1, 0.15) is 29.3 Å². The second-order valence-electron chi connectivity index (χ2n) is 5.03. The molecule has 1 atom stereocenters. The van der Waals surface area contributed by atoms with Gasteiger partial charge in [0.1, 0.15) is 0 Å². The van der Waals surface area contributed by atoms with Crippen molar-refractivity contribution >= 4 is 27.8 Å². The Morgan fingerprint density at radius 3 is 2.85 bits per heavy atom. The third-order valence-corrected chi connectivity index (χ3v) is 4.11. The fourth-order valence-corrected chi connectivity index (χ4v) is 2.94. The summed E-state index contributed by atoms with van der Waals surface area (Å²) >= 11 is 3.42. The number of carbonyl (C=O) groups excluding carboxylic acids is 1. The molecule has 108 valence electrons. The average Bonchev–Trinajstić information content (AvgIpc) is 2.78. The maximum absolute atomic E-state index is 11.0. The first kappa shape index (κ1) is 15.0. The summed E-state index contributed by atoms with van der Waals surface area (Å²) in [5, 5.41) is 11.9. The number of rotatable bonds is 4. The summed E-state index contributed by atoms with van der Waals surface area (Å²) < 4.78 is 0.806. The number of aromatic carboxylic acids is 1. The van der Waals surface area contributed by atoms with Crippen LogP contribution in [0.5, 0.6) is 0 Å². The molecule has 0 aromatic heterocycles. The van der Waals surface area contributed by atoms with Crippen LogP contribution in [0.15, 0.2) is 22.7 Å². The molecule has 6 heteroatoms. The SMILES string of the molecule is CC(=O)NC1CCN(Cc2ccc(C(=O)O)cc2Br)C1. The van der Waals surface area contributed by atoms with E-state index in [0.717, 1.165) is 36.1 Å². The van der Waals surface area contributed by atoms with E-state index in [0.29, 0.717) is 0 Å². The first-order valence-corrected chi connectivity index (χ1v) is 7.26. The molecule has 0 radical (unpaired) electrons. The summed E-state index contributed by atoms with van der Waals surface area (Å²) in [6.07, 6.45) is 0.949. The molecule has 0 spiro atoms. The van der Waals surface area contributed by atoms with Crippen molar-refractivity contribution in [3.05, 3.63) is 33.8 Å². The van der Waals surface area contributed by atoms with Crippen molar-refractivity contribution in [2.24, 2.45) is 0 Å². The van der Waals surface area contributed by atoms with E-state index in [1.54, 1.807) is 12.1 Å². The number of hydrogen-bond acceptors (Lipinski definition) is 3. The van der Waals surface area contributed by atoms with Gasteiger partial charge in [0.05, 0.1) is 5.56 Å². The molecule has 1 aliphatic rings. The maximum Gasteiger partial charge on any atom is 0.335 e. The van der Waals surface area contributed by atoms with Gasteiger partial charge in [-0.25, -0.2) is 4.79 Å². The van der Waals surface area contributed by atoms with Crippen molar-refractivity contribution in [2.75, 3.05) is 13.1 Å². The lowest BCUT2D eigenvalue weighted by atomic mass is 10.1. The van der Waals surface area contributed by atoms with Gasteiger partial charge in [-0.3, -0.25) is 9.69 Å². The maximum atomic E-state index is 11.0. The normalized spacial score (nSPS) is 19.0. The Hall–Kier alpha value is -1.40. The number of amides is 1. The van der Waals surface area contributed by atoms with E-state index in [1.807, 2.05) is 6.07 Å². The Morgan fingerprint density at radius 2 is 2.25 bits per heavy atom. The highest BCUT2D eigenvalue weighted by Crippen LogP contribution is 2.22. The molecule has 1 unspecified atom stereocenters. The highest BCUT2D eigenvalue weighted by molar-refractivity contribution is 9.10. The minimum Gasteiger partial charge on any atom is -0.478 e. The Balaban J connectivity index is 1.97. The number of hydrogen-bond donors (Lipinski definition) is 2. The molecule has 20 heavy (non-hydrogen) atoms. The van der Waals surface area contributed by atoms with Crippen LogP contribution in [0.4, 0.5) is 0 Å². The molecule has 2 rings (SSSR count). The van der Waals surface area contributed by atoms with E-state index >= 15 is 0 Å². The quantitative estimate of drug-likeness (QED) is 0.877. The Morgan fingerprint density at radius 1 is 1.50 bits per heavy atom. The molecule has 1 aliphatic heterocycles. The van der Waals surface area contributed by atoms with Crippen LogP contribution in [0.2, 0.25) is 0 Å². The average molecular weight is 341 g/mol. The first-order chi connectivity index (χ1) is 9.45. The predicted octanol–water partition coefficient (Wildman–Crippen LogP) is 1.86. The smallest absolute Gasteiger partial charge is 0.335 e. The molecule has 1 heterocycles. The summed E-state index contributed by atoms with van der Waals surface area (Å²) in [5.41, 5.74) is 1.33. The van der Waals surface area contributed by atoms with Crippen LogP contribution in [0.3, 0.4) is 0 Å². The number of carbonyl (C=O) groups is 2. The fraction of sp³-hybridized carbons (Fsp3) is 0.429. The van der Waals surface area contributed by atoms with Crippen LogP contribution in [0.25, 0.3) is 0 Å². The molecule has 2 N–H and O–H groups in total. The number of likely N-dealkylation sites (tertiary alicyclic amines) is 1. The zero-order valence-electron chi connectivity index (χ0n) is 11.2. The van der Waals surface area contributed by atoms with Crippen LogP contribution in [0, 0.1) is 0 Å². The minimum absolute atomic E-state index is 0.00356. The van der Waals surface area contributed by atoms with Gasteiger partial charge in [-0.05, 0) is 24.1 Å². The molecule has 1 aromatic carbocycles. The lowest BCUT2D eigenvalue weighted by molar-refractivity contribution is -0.119. The van der Waals surface area contributed by atoms with E-state index < -0.39 is 5.97 Å². The molecule has 1 amide bonds. The van der Waals surface area contributed by atoms with Crippen molar-refractivity contribution < 1.29 is 14.7 Å². The van der Waals surface area contributed by atoms with Crippen LogP contribution in [-0.4, -0.2) is 41.0 Å². The Labute approximate surface area is 126 Å². The predicted molar refractivity (Wildman–Crippen MR) is 78.6 cm³/mol. The Kier molecular flexibility index (Phi) is 4.77. The van der Waals surface area contributed by atoms with Crippen LogP contribution < -0.4 is 5.32 Å². The van der Waals surface area contributed by atoms with E-state index in [-0.39, 0.29) is 17.5 Å². The van der Waals surface area contributed by atoms with Crippen LogP contribution >= 0.6 is 15.9 Å². The van der Waals surface area contributed by atoms with Gasteiger partial charge in [-0.15, -0.1) is 0 Å².